The van der Waals surface area contributed by atoms with Crippen molar-refractivity contribution in [2.24, 2.45) is 0 Å². The Bertz CT molecular complexity index is 531. The Labute approximate surface area is 118 Å². The van der Waals surface area contributed by atoms with Crippen LogP contribution in [0.25, 0.3) is 0 Å². The number of hydrogen-bond donors (Lipinski definition) is 1. The van der Waals surface area contributed by atoms with Gasteiger partial charge in [0, 0.05) is 5.56 Å². The van der Waals surface area contributed by atoms with Crippen molar-refractivity contribution in [2.75, 3.05) is 0 Å². The van der Waals surface area contributed by atoms with Gasteiger partial charge in [-0.3, -0.25) is 4.79 Å². The number of furan rings is 1. The third kappa shape index (κ3) is 3.88. The Morgan fingerprint density at radius 3 is 2.65 bits per heavy atom. The van der Waals surface area contributed by atoms with Gasteiger partial charge in [0.15, 0.2) is 0 Å². The quantitative estimate of drug-likeness (QED) is 0.877. The molecule has 1 amide bonds. The fourth-order valence-electron chi connectivity index (χ4n) is 1.68. The molecular weight excluding hydrogens is 254 g/mol. The zero-order valence-electron chi connectivity index (χ0n) is 11.8. The first-order chi connectivity index (χ1) is 9.69. The lowest BCUT2D eigenvalue weighted by molar-refractivity contribution is 0.0948. The van der Waals surface area contributed by atoms with Crippen LogP contribution < -0.4 is 10.1 Å². The Kier molecular flexibility index (Phi) is 4.82. The van der Waals surface area contributed by atoms with Crippen molar-refractivity contribution < 1.29 is 13.9 Å². The van der Waals surface area contributed by atoms with Crippen LogP contribution in [0.4, 0.5) is 0 Å². The summed E-state index contributed by atoms with van der Waals surface area (Å²) in [6.45, 7) is 4.47. The molecule has 20 heavy (non-hydrogen) atoms. The van der Waals surface area contributed by atoms with Crippen molar-refractivity contribution >= 4 is 5.91 Å². The van der Waals surface area contributed by atoms with E-state index in [0.717, 1.165) is 17.9 Å². The molecule has 1 N–H and O–H groups in total. The van der Waals surface area contributed by atoms with Crippen LogP contribution in [0.15, 0.2) is 47.1 Å². The number of carbonyl (C=O) groups is 1. The number of nitrogens with one attached hydrogen (secondary N) is 1. The summed E-state index contributed by atoms with van der Waals surface area (Å²) < 4.78 is 10.8. The Hall–Kier alpha value is -2.23. The SMILES string of the molecule is CC[C@H](C)Oc1ccc(C(=O)NCc2ccco2)cc1. The molecule has 1 heterocycles. The van der Waals surface area contributed by atoms with Crippen LogP contribution in [0, 0.1) is 0 Å². The molecule has 0 spiro atoms. The van der Waals surface area contributed by atoms with Gasteiger partial charge in [0.05, 0.1) is 18.9 Å². The molecule has 0 bridgehead atoms. The fraction of sp³-hybridized carbons (Fsp3) is 0.312. The molecule has 1 atom stereocenters. The highest BCUT2D eigenvalue weighted by Gasteiger charge is 2.07. The molecule has 2 aromatic rings. The fourth-order valence-corrected chi connectivity index (χ4v) is 1.68. The smallest absolute Gasteiger partial charge is 0.251 e. The minimum Gasteiger partial charge on any atom is -0.491 e. The molecule has 2 rings (SSSR count). The predicted octanol–water partition coefficient (Wildman–Crippen LogP) is 3.39. The average Bonchev–Trinajstić information content (AvgIpc) is 2.98. The molecule has 0 aliphatic rings. The minimum atomic E-state index is -0.128. The molecule has 0 aliphatic heterocycles. The van der Waals surface area contributed by atoms with E-state index >= 15 is 0 Å². The highest BCUT2D eigenvalue weighted by atomic mass is 16.5. The van der Waals surface area contributed by atoms with E-state index in [1.54, 1.807) is 24.5 Å². The third-order valence-electron chi connectivity index (χ3n) is 3.03. The highest BCUT2D eigenvalue weighted by Crippen LogP contribution is 2.15. The third-order valence-corrected chi connectivity index (χ3v) is 3.03. The lowest BCUT2D eigenvalue weighted by atomic mass is 10.2. The predicted molar refractivity (Wildman–Crippen MR) is 76.7 cm³/mol. The van der Waals surface area contributed by atoms with E-state index in [4.69, 9.17) is 9.15 Å². The summed E-state index contributed by atoms with van der Waals surface area (Å²) in [5.41, 5.74) is 0.605. The minimum absolute atomic E-state index is 0.128. The van der Waals surface area contributed by atoms with Gasteiger partial charge < -0.3 is 14.5 Å². The van der Waals surface area contributed by atoms with E-state index in [2.05, 4.69) is 12.2 Å². The van der Waals surface area contributed by atoms with E-state index in [1.165, 1.54) is 0 Å². The topological polar surface area (TPSA) is 51.5 Å². The number of amides is 1. The lowest BCUT2D eigenvalue weighted by Gasteiger charge is -2.12. The zero-order chi connectivity index (χ0) is 14.4. The molecule has 1 aromatic heterocycles. The number of benzene rings is 1. The van der Waals surface area contributed by atoms with Gasteiger partial charge in [-0.2, -0.15) is 0 Å². The Morgan fingerprint density at radius 2 is 2.05 bits per heavy atom. The Morgan fingerprint density at radius 1 is 1.30 bits per heavy atom. The van der Waals surface area contributed by atoms with Gasteiger partial charge >= 0.3 is 0 Å². The summed E-state index contributed by atoms with van der Waals surface area (Å²) in [7, 11) is 0. The maximum Gasteiger partial charge on any atom is 0.251 e. The largest absolute Gasteiger partial charge is 0.491 e. The van der Waals surface area contributed by atoms with Crippen molar-refractivity contribution in [3.63, 3.8) is 0 Å². The van der Waals surface area contributed by atoms with E-state index in [-0.39, 0.29) is 12.0 Å². The van der Waals surface area contributed by atoms with Gasteiger partial charge in [0.25, 0.3) is 5.91 Å². The molecule has 4 nitrogen and oxygen atoms in total. The number of ether oxygens (including phenoxy) is 1. The first-order valence-electron chi connectivity index (χ1n) is 6.76. The molecule has 0 aliphatic carbocycles. The normalized spacial score (nSPS) is 11.9. The summed E-state index contributed by atoms with van der Waals surface area (Å²) in [5.74, 6) is 1.38. The van der Waals surface area contributed by atoms with Gasteiger partial charge in [0.1, 0.15) is 11.5 Å². The standard InChI is InChI=1S/C16H19NO3/c1-3-12(2)20-14-8-6-13(7-9-14)16(18)17-11-15-5-4-10-19-15/h4-10,12H,3,11H2,1-2H3,(H,17,18)/t12-/m0/s1. The van der Waals surface area contributed by atoms with Crippen LogP contribution in [0.5, 0.6) is 5.75 Å². The van der Waals surface area contributed by atoms with Crippen LogP contribution >= 0.6 is 0 Å². The van der Waals surface area contributed by atoms with Crippen LogP contribution in [0.2, 0.25) is 0 Å². The zero-order valence-corrected chi connectivity index (χ0v) is 11.8. The van der Waals surface area contributed by atoms with Crippen LogP contribution in [-0.2, 0) is 6.54 Å². The number of carbonyl (C=O) groups excluding carboxylic acids is 1. The summed E-state index contributed by atoms with van der Waals surface area (Å²) in [6.07, 6.45) is 2.71. The van der Waals surface area contributed by atoms with Gasteiger partial charge in [-0.25, -0.2) is 0 Å². The molecule has 0 unspecified atom stereocenters. The maximum absolute atomic E-state index is 11.9. The van der Waals surface area contributed by atoms with Gasteiger partial charge in [-0.15, -0.1) is 0 Å². The van der Waals surface area contributed by atoms with E-state index < -0.39 is 0 Å². The summed E-state index contributed by atoms with van der Waals surface area (Å²) in [4.78, 5) is 11.9. The van der Waals surface area contributed by atoms with Crippen molar-refractivity contribution in [1.82, 2.24) is 5.32 Å². The molecule has 106 valence electrons. The molecule has 4 heteroatoms. The van der Waals surface area contributed by atoms with Crippen molar-refractivity contribution in [2.45, 2.75) is 32.9 Å². The lowest BCUT2D eigenvalue weighted by Crippen LogP contribution is -2.22. The van der Waals surface area contributed by atoms with Gasteiger partial charge in [-0.05, 0) is 49.7 Å². The molecular formula is C16H19NO3. The van der Waals surface area contributed by atoms with Crippen LogP contribution in [-0.4, -0.2) is 12.0 Å². The van der Waals surface area contributed by atoms with E-state index in [1.807, 2.05) is 25.1 Å². The number of hydrogen-bond acceptors (Lipinski definition) is 3. The Balaban J connectivity index is 1.90. The first kappa shape index (κ1) is 14.2. The van der Waals surface area contributed by atoms with Gasteiger partial charge in [-0.1, -0.05) is 6.92 Å². The molecule has 0 saturated carbocycles. The molecule has 0 fully saturated rings. The van der Waals surface area contributed by atoms with Crippen molar-refractivity contribution in [3.05, 3.63) is 54.0 Å². The summed E-state index contributed by atoms with van der Waals surface area (Å²) in [5, 5.41) is 2.80. The van der Waals surface area contributed by atoms with Crippen LogP contribution in [0.1, 0.15) is 36.4 Å². The molecule has 0 radical (unpaired) electrons. The van der Waals surface area contributed by atoms with Crippen molar-refractivity contribution in [3.8, 4) is 5.75 Å². The summed E-state index contributed by atoms with van der Waals surface area (Å²) in [6, 6.07) is 10.8. The van der Waals surface area contributed by atoms with Crippen molar-refractivity contribution in [1.29, 1.82) is 0 Å². The second-order valence-corrected chi connectivity index (χ2v) is 4.62. The number of rotatable bonds is 6. The molecule has 1 aromatic carbocycles. The first-order valence-corrected chi connectivity index (χ1v) is 6.76. The van der Waals surface area contributed by atoms with Gasteiger partial charge in [0.2, 0.25) is 0 Å². The monoisotopic (exact) mass is 273 g/mol. The van der Waals surface area contributed by atoms with E-state index in [0.29, 0.717) is 12.1 Å². The highest BCUT2D eigenvalue weighted by molar-refractivity contribution is 5.94. The summed E-state index contributed by atoms with van der Waals surface area (Å²) >= 11 is 0. The van der Waals surface area contributed by atoms with Crippen LogP contribution in [0.3, 0.4) is 0 Å². The molecule has 0 saturated heterocycles. The second kappa shape index (κ2) is 6.80. The van der Waals surface area contributed by atoms with E-state index in [9.17, 15) is 4.79 Å². The maximum atomic E-state index is 11.9. The second-order valence-electron chi connectivity index (χ2n) is 4.62. The average molecular weight is 273 g/mol.